The highest BCUT2D eigenvalue weighted by atomic mass is 16.5. The summed E-state index contributed by atoms with van der Waals surface area (Å²) in [5, 5.41) is 7.21. The van der Waals surface area contributed by atoms with E-state index >= 15 is 0 Å². The summed E-state index contributed by atoms with van der Waals surface area (Å²) in [6.45, 7) is 5.61. The molecule has 2 aromatic rings. The van der Waals surface area contributed by atoms with Crippen LogP contribution in [0.3, 0.4) is 0 Å². The Morgan fingerprint density at radius 1 is 1.33 bits per heavy atom. The van der Waals surface area contributed by atoms with Crippen molar-refractivity contribution in [2.75, 3.05) is 6.61 Å². The third-order valence-corrected chi connectivity index (χ3v) is 5.54. The first-order valence-electron chi connectivity index (χ1n) is 8.56. The molecule has 1 saturated heterocycles. The van der Waals surface area contributed by atoms with Gasteiger partial charge in [-0.1, -0.05) is 38.1 Å². The summed E-state index contributed by atoms with van der Waals surface area (Å²) in [6, 6.07) is 10.0. The number of nitrogens with zero attached hydrogens (tertiary/aromatic N) is 1. The predicted molar refractivity (Wildman–Crippen MR) is 92.5 cm³/mol. The number of pyridine rings is 1. The van der Waals surface area contributed by atoms with E-state index in [-0.39, 0.29) is 23.6 Å². The first-order chi connectivity index (χ1) is 11.6. The minimum absolute atomic E-state index is 0.000490. The van der Waals surface area contributed by atoms with E-state index in [2.05, 4.69) is 29.5 Å². The van der Waals surface area contributed by atoms with Crippen molar-refractivity contribution in [3.05, 3.63) is 42.1 Å². The van der Waals surface area contributed by atoms with Gasteiger partial charge in [-0.2, -0.15) is 0 Å². The number of fused-ring (bicyclic) bond motifs is 2. The molecule has 24 heavy (non-hydrogen) atoms. The lowest BCUT2D eigenvalue weighted by atomic mass is 9.57. The van der Waals surface area contributed by atoms with Crippen LogP contribution in [0, 0.1) is 11.3 Å². The van der Waals surface area contributed by atoms with Crippen molar-refractivity contribution in [3.63, 3.8) is 0 Å². The first-order valence-corrected chi connectivity index (χ1v) is 8.56. The van der Waals surface area contributed by atoms with Crippen LogP contribution in [0.25, 0.3) is 10.9 Å². The largest absolute Gasteiger partial charge is 0.377 e. The molecule has 2 N–H and O–H groups in total. The fourth-order valence-corrected chi connectivity index (χ4v) is 4.30. The Morgan fingerprint density at radius 2 is 2.17 bits per heavy atom. The van der Waals surface area contributed by atoms with Gasteiger partial charge in [-0.3, -0.25) is 4.98 Å². The highest BCUT2D eigenvalue weighted by Gasteiger charge is 2.59. The van der Waals surface area contributed by atoms with Gasteiger partial charge in [-0.15, -0.1) is 0 Å². The number of hydrogen-bond donors (Lipinski definition) is 2. The second-order valence-corrected chi connectivity index (χ2v) is 7.36. The molecule has 5 heteroatoms. The molecule has 2 aliphatic rings. The highest BCUT2D eigenvalue weighted by Crippen LogP contribution is 2.52. The van der Waals surface area contributed by atoms with E-state index in [9.17, 15) is 4.79 Å². The van der Waals surface area contributed by atoms with Crippen molar-refractivity contribution in [2.45, 2.75) is 39.0 Å². The molecule has 1 aromatic carbocycles. The first kappa shape index (κ1) is 15.4. The van der Waals surface area contributed by atoms with Crippen molar-refractivity contribution >= 4 is 16.9 Å². The number of ether oxygens (including phenoxy) is 1. The fourth-order valence-electron chi connectivity index (χ4n) is 4.30. The van der Waals surface area contributed by atoms with Gasteiger partial charge in [0.15, 0.2) is 0 Å². The molecule has 2 amide bonds. The molecule has 2 heterocycles. The average Bonchev–Trinajstić information content (AvgIpc) is 3.05. The van der Waals surface area contributed by atoms with E-state index in [1.54, 1.807) is 6.20 Å². The smallest absolute Gasteiger partial charge is 0.315 e. The Balaban J connectivity index is 1.40. The van der Waals surface area contributed by atoms with Crippen LogP contribution in [0.4, 0.5) is 4.79 Å². The molecule has 0 unspecified atom stereocenters. The van der Waals surface area contributed by atoms with Crippen LogP contribution in [0.1, 0.15) is 25.8 Å². The molecule has 0 bridgehead atoms. The van der Waals surface area contributed by atoms with Crippen molar-refractivity contribution in [1.82, 2.24) is 15.6 Å². The molecule has 0 radical (unpaired) electrons. The molecule has 2 fully saturated rings. The number of carbonyl (C=O) groups excluding carboxylic acids is 1. The maximum Gasteiger partial charge on any atom is 0.315 e. The van der Waals surface area contributed by atoms with E-state index in [1.807, 2.05) is 30.3 Å². The zero-order chi connectivity index (χ0) is 16.7. The lowest BCUT2D eigenvalue weighted by Crippen LogP contribution is -2.67. The molecular formula is C19H23N3O2. The van der Waals surface area contributed by atoms with Crippen LogP contribution in [0.15, 0.2) is 36.5 Å². The molecule has 1 saturated carbocycles. The maximum absolute atomic E-state index is 12.3. The Morgan fingerprint density at radius 3 is 3.04 bits per heavy atom. The van der Waals surface area contributed by atoms with Crippen molar-refractivity contribution in [1.29, 1.82) is 0 Å². The number of benzene rings is 1. The lowest BCUT2D eigenvalue weighted by molar-refractivity contribution is -0.108. The fraction of sp³-hybridized carbons (Fsp3) is 0.474. The van der Waals surface area contributed by atoms with E-state index in [1.165, 1.54) is 0 Å². The summed E-state index contributed by atoms with van der Waals surface area (Å²) in [4.78, 5) is 16.8. The molecule has 1 aromatic heterocycles. The molecular weight excluding hydrogens is 302 g/mol. The van der Waals surface area contributed by atoms with Crippen LogP contribution in [0.5, 0.6) is 0 Å². The number of para-hydroxylation sites is 1. The Labute approximate surface area is 141 Å². The molecule has 5 nitrogen and oxygen atoms in total. The average molecular weight is 325 g/mol. The Kier molecular flexibility index (Phi) is 3.68. The quantitative estimate of drug-likeness (QED) is 0.912. The van der Waals surface area contributed by atoms with Crippen molar-refractivity contribution < 1.29 is 9.53 Å². The summed E-state index contributed by atoms with van der Waals surface area (Å²) < 4.78 is 5.78. The number of hydrogen-bond acceptors (Lipinski definition) is 3. The van der Waals surface area contributed by atoms with Crippen LogP contribution in [0.2, 0.25) is 0 Å². The third-order valence-electron chi connectivity index (χ3n) is 5.54. The van der Waals surface area contributed by atoms with Gasteiger partial charge >= 0.3 is 6.03 Å². The van der Waals surface area contributed by atoms with Gasteiger partial charge in [0.05, 0.1) is 11.6 Å². The summed E-state index contributed by atoms with van der Waals surface area (Å²) in [5.41, 5.74) is 1.96. The van der Waals surface area contributed by atoms with Gasteiger partial charge in [0.25, 0.3) is 0 Å². The number of nitrogens with one attached hydrogen (secondary N) is 2. The number of aromatic nitrogens is 1. The molecule has 1 aliphatic heterocycles. The lowest BCUT2D eigenvalue weighted by Gasteiger charge is -2.54. The number of amides is 2. The SMILES string of the molecule is CC1(C)[C@H](NC(=O)NCc2cccc3cccnc23)[C@H]2CCO[C@@H]21. The zero-order valence-corrected chi connectivity index (χ0v) is 14.1. The van der Waals surface area contributed by atoms with Crippen molar-refractivity contribution in [3.8, 4) is 0 Å². The van der Waals surface area contributed by atoms with Gasteiger partial charge < -0.3 is 15.4 Å². The summed E-state index contributed by atoms with van der Waals surface area (Å²) in [7, 11) is 0. The Bertz CT molecular complexity index is 769. The second-order valence-electron chi connectivity index (χ2n) is 7.36. The third kappa shape index (κ3) is 2.44. The minimum Gasteiger partial charge on any atom is -0.377 e. The molecule has 126 valence electrons. The Hall–Kier alpha value is -2.14. The molecule has 3 atom stereocenters. The van der Waals surface area contributed by atoms with Crippen LogP contribution in [-0.2, 0) is 11.3 Å². The van der Waals surface area contributed by atoms with Crippen LogP contribution < -0.4 is 10.6 Å². The summed E-state index contributed by atoms with van der Waals surface area (Å²) in [6.07, 6.45) is 3.10. The monoisotopic (exact) mass is 325 g/mol. The van der Waals surface area contributed by atoms with E-state index in [4.69, 9.17) is 4.74 Å². The molecule has 4 rings (SSSR count). The van der Waals surface area contributed by atoms with Crippen LogP contribution >= 0.6 is 0 Å². The van der Waals surface area contributed by atoms with E-state index in [0.29, 0.717) is 12.5 Å². The van der Waals surface area contributed by atoms with Gasteiger partial charge in [0.1, 0.15) is 0 Å². The van der Waals surface area contributed by atoms with Gasteiger partial charge in [-0.05, 0) is 18.1 Å². The molecule has 1 aliphatic carbocycles. The normalized spacial score (nSPS) is 27.3. The molecule has 0 spiro atoms. The minimum atomic E-state index is -0.119. The van der Waals surface area contributed by atoms with Gasteiger partial charge in [-0.25, -0.2) is 4.79 Å². The number of carbonyl (C=O) groups is 1. The van der Waals surface area contributed by atoms with E-state index < -0.39 is 0 Å². The maximum atomic E-state index is 12.3. The van der Waals surface area contributed by atoms with E-state index in [0.717, 1.165) is 29.5 Å². The highest BCUT2D eigenvalue weighted by molar-refractivity contribution is 5.82. The topological polar surface area (TPSA) is 63.2 Å². The number of rotatable bonds is 3. The second kappa shape index (κ2) is 5.74. The van der Waals surface area contributed by atoms with Gasteiger partial charge in [0, 0.05) is 42.1 Å². The summed E-state index contributed by atoms with van der Waals surface area (Å²) in [5.74, 6) is 0.449. The van der Waals surface area contributed by atoms with Crippen molar-refractivity contribution in [2.24, 2.45) is 11.3 Å². The number of urea groups is 1. The standard InChI is InChI=1S/C19H23N3O2/c1-19(2)16(14-8-10-24-17(14)19)22-18(23)21-11-13-6-3-5-12-7-4-9-20-15(12)13/h3-7,9,14,16-17H,8,10-11H2,1-2H3,(H2,21,22,23)/t14-,16-,17+/m1/s1. The van der Waals surface area contributed by atoms with Gasteiger partial charge in [0.2, 0.25) is 0 Å². The predicted octanol–water partition coefficient (Wildman–Crippen LogP) is 2.85. The van der Waals surface area contributed by atoms with Crippen LogP contribution in [-0.4, -0.2) is 29.8 Å². The zero-order valence-electron chi connectivity index (χ0n) is 14.1. The summed E-state index contributed by atoms with van der Waals surface area (Å²) >= 11 is 0.